The Kier molecular flexibility index (Phi) is 9.28. The first-order valence-electron chi connectivity index (χ1n) is 10.4. The summed E-state index contributed by atoms with van der Waals surface area (Å²) in [7, 11) is 5.11. The van der Waals surface area contributed by atoms with Crippen molar-refractivity contribution in [3.8, 4) is 17.2 Å². The van der Waals surface area contributed by atoms with Crippen molar-refractivity contribution in [1.29, 1.82) is 0 Å². The molecule has 0 spiro atoms. The Morgan fingerprint density at radius 3 is 2.55 bits per heavy atom. The van der Waals surface area contributed by atoms with Gasteiger partial charge >= 0.3 is 0 Å². The van der Waals surface area contributed by atoms with Crippen LogP contribution in [0.25, 0.3) is 0 Å². The van der Waals surface area contributed by atoms with E-state index < -0.39 is 0 Å². The Morgan fingerprint density at radius 2 is 1.84 bits per heavy atom. The number of nitrogens with one attached hydrogen (secondary N) is 2. The lowest BCUT2D eigenvalue weighted by Crippen LogP contribution is -2.44. The molecule has 0 saturated carbocycles. The maximum atomic E-state index is 5.58. The summed E-state index contributed by atoms with van der Waals surface area (Å²) >= 11 is 0. The molecule has 3 rings (SSSR count). The number of nitrogens with zero attached hydrogens (tertiary/aromatic N) is 1. The molecule has 1 heterocycles. The van der Waals surface area contributed by atoms with E-state index in [-0.39, 0.29) is 29.4 Å². The molecule has 1 aliphatic heterocycles. The second-order valence-electron chi connectivity index (χ2n) is 8.10. The Balaban J connectivity index is 0.00000341. The van der Waals surface area contributed by atoms with Crippen molar-refractivity contribution in [1.82, 2.24) is 10.6 Å². The van der Waals surface area contributed by atoms with Crippen LogP contribution in [-0.2, 0) is 18.3 Å². The van der Waals surface area contributed by atoms with Crippen LogP contribution in [0.5, 0.6) is 17.2 Å². The average molecular weight is 539 g/mol. The second-order valence-corrected chi connectivity index (χ2v) is 8.10. The molecule has 1 aliphatic rings. The number of benzene rings is 2. The number of ether oxygens (including phenoxy) is 3. The van der Waals surface area contributed by atoms with E-state index in [4.69, 9.17) is 14.2 Å². The van der Waals surface area contributed by atoms with Crippen LogP contribution in [0, 0.1) is 0 Å². The normalized spacial score (nSPS) is 13.0. The first-order chi connectivity index (χ1) is 14.5. The predicted octanol–water partition coefficient (Wildman–Crippen LogP) is 3.94. The Morgan fingerprint density at radius 1 is 1.06 bits per heavy atom. The van der Waals surface area contributed by atoms with Gasteiger partial charge in [0.1, 0.15) is 5.75 Å². The third-order valence-corrected chi connectivity index (χ3v) is 5.55. The Bertz CT molecular complexity index is 900. The Labute approximate surface area is 202 Å². The molecule has 0 aliphatic carbocycles. The van der Waals surface area contributed by atoms with Crippen LogP contribution < -0.4 is 24.8 Å². The van der Waals surface area contributed by atoms with E-state index in [1.54, 1.807) is 21.3 Å². The van der Waals surface area contributed by atoms with Crippen molar-refractivity contribution >= 4 is 29.9 Å². The smallest absolute Gasteiger partial charge is 0.191 e. The summed E-state index contributed by atoms with van der Waals surface area (Å²) in [5.74, 6) is 3.31. The number of fused-ring (bicyclic) bond motifs is 1. The zero-order valence-electron chi connectivity index (χ0n) is 19.1. The first kappa shape index (κ1) is 25.1. The van der Waals surface area contributed by atoms with E-state index in [0.29, 0.717) is 0 Å². The van der Waals surface area contributed by atoms with Crippen molar-refractivity contribution in [2.24, 2.45) is 4.99 Å². The molecule has 0 atom stereocenters. The maximum absolute atomic E-state index is 5.58. The molecule has 6 nitrogen and oxygen atoms in total. The third-order valence-electron chi connectivity index (χ3n) is 5.55. The second kappa shape index (κ2) is 11.5. The number of guanidine groups is 1. The number of hydrogen-bond donors (Lipinski definition) is 2. The zero-order valence-corrected chi connectivity index (χ0v) is 21.4. The van der Waals surface area contributed by atoms with Gasteiger partial charge in [-0.25, -0.2) is 0 Å². The van der Waals surface area contributed by atoms with Crippen molar-refractivity contribution in [3.05, 3.63) is 53.1 Å². The van der Waals surface area contributed by atoms with Crippen molar-refractivity contribution in [2.75, 3.05) is 41.0 Å². The first-order valence-corrected chi connectivity index (χ1v) is 10.4. The molecule has 0 saturated heterocycles. The van der Waals surface area contributed by atoms with Gasteiger partial charge in [-0.15, -0.1) is 24.0 Å². The lowest BCUT2D eigenvalue weighted by atomic mass is 9.84. The minimum absolute atomic E-state index is 0. The van der Waals surface area contributed by atoms with Gasteiger partial charge in [0.2, 0.25) is 0 Å². The number of methoxy groups -OCH3 is 2. The highest BCUT2D eigenvalue weighted by atomic mass is 127. The number of hydrogen-bond acceptors (Lipinski definition) is 4. The summed E-state index contributed by atoms with van der Waals surface area (Å²) in [6, 6.07) is 12.5. The molecule has 2 N–H and O–H groups in total. The number of halogens is 1. The largest absolute Gasteiger partial charge is 0.493 e. The van der Waals surface area contributed by atoms with Gasteiger partial charge in [-0.3, -0.25) is 4.99 Å². The topological polar surface area (TPSA) is 64.1 Å². The van der Waals surface area contributed by atoms with E-state index in [1.165, 1.54) is 16.7 Å². The van der Waals surface area contributed by atoms with Crippen LogP contribution in [0.3, 0.4) is 0 Å². The van der Waals surface area contributed by atoms with Gasteiger partial charge in [-0.1, -0.05) is 32.0 Å². The molecule has 0 aromatic heterocycles. The molecule has 0 unspecified atom stereocenters. The highest BCUT2D eigenvalue weighted by molar-refractivity contribution is 14.0. The fourth-order valence-corrected chi connectivity index (χ4v) is 3.61. The molecular formula is C24H34IN3O3. The molecule has 0 fully saturated rings. The van der Waals surface area contributed by atoms with Crippen LogP contribution in [-0.4, -0.2) is 46.9 Å². The average Bonchev–Trinajstić information content (AvgIpc) is 3.23. The molecule has 0 radical (unpaired) electrons. The molecular weight excluding hydrogens is 505 g/mol. The van der Waals surface area contributed by atoms with Gasteiger partial charge in [0.05, 0.1) is 20.8 Å². The van der Waals surface area contributed by atoms with Gasteiger partial charge < -0.3 is 24.8 Å². The third kappa shape index (κ3) is 6.41. The molecule has 31 heavy (non-hydrogen) atoms. The summed E-state index contributed by atoms with van der Waals surface area (Å²) in [5.41, 5.74) is 3.68. The minimum Gasteiger partial charge on any atom is -0.493 e. The lowest BCUT2D eigenvalue weighted by molar-refractivity contribution is 0.353. The standard InChI is InChI=1S/C24H33N3O3.HI/c1-24(2,19-7-9-21(28-4)22(15-19)29-5)16-27-23(25-3)26-12-10-17-6-8-20-18(14-17)11-13-30-20;/h6-9,14-15H,10-13,16H2,1-5H3,(H2,25,26,27);1H. The number of rotatable bonds is 8. The quantitative estimate of drug-likeness (QED) is 0.303. The lowest BCUT2D eigenvalue weighted by Gasteiger charge is -2.27. The summed E-state index contributed by atoms with van der Waals surface area (Å²) in [6.45, 7) is 6.74. The molecule has 0 bridgehead atoms. The highest BCUT2D eigenvalue weighted by Crippen LogP contribution is 2.33. The summed E-state index contributed by atoms with van der Waals surface area (Å²) < 4.78 is 16.4. The van der Waals surface area contributed by atoms with Crippen molar-refractivity contribution < 1.29 is 14.2 Å². The van der Waals surface area contributed by atoms with Gasteiger partial charge in [0.25, 0.3) is 0 Å². The number of aliphatic imine (C=N–C) groups is 1. The molecule has 0 amide bonds. The van der Waals surface area contributed by atoms with Crippen LogP contribution in [0.15, 0.2) is 41.4 Å². The van der Waals surface area contributed by atoms with Crippen LogP contribution in [0.1, 0.15) is 30.5 Å². The van der Waals surface area contributed by atoms with E-state index in [9.17, 15) is 0 Å². The van der Waals surface area contributed by atoms with E-state index in [0.717, 1.165) is 55.7 Å². The summed E-state index contributed by atoms with van der Waals surface area (Å²) in [6.07, 6.45) is 1.94. The van der Waals surface area contributed by atoms with Gasteiger partial charge in [-0.2, -0.15) is 0 Å². The van der Waals surface area contributed by atoms with Crippen LogP contribution >= 0.6 is 24.0 Å². The van der Waals surface area contributed by atoms with Gasteiger partial charge in [-0.05, 0) is 41.3 Å². The van der Waals surface area contributed by atoms with E-state index in [2.05, 4.69) is 53.7 Å². The monoisotopic (exact) mass is 539 g/mol. The van der Waals surface area contributed by atoms with E-state index >= 15 is 0 Å². The fourth-order valence-electron chi connectivity index (χ4n) is 3.61. The molecule has 7 heteroatoms. The molecule has 2 aromatic carbocycles. The zero-order chi connectivity index (χ0) is 21.6. The van der Waals surface area contributed by atoms with Gasteiger partial charge in [0.15, 0.2) is 17.5 Å². The maximum Gasteiger partial charge on any atom is 0.191 e. The van der Waals surface area contributed by atoms with Gasteiger partial charge in [0, 0.05) is 32.0 Å². The van der Waals surface area contributed by atoms with E-state index in [1.807, 2.05) is 12.1 Å². The highest BCUT2D eigenvalue weighted by Gasteiger charge is 2.22. The molecule has 170 valence electrons. The van der Waals surface area contributed by atoms with Crippen LogP contribution in [0.2, 0.25) is 0 Å². The SMILES string of the molecule is CN=C(NCCc1ccc2c(c1)CCO2)NCC(C)(C)c1ccc(OC)c(OC)c1.I. The Hall–Kier alpha value is -2.16. The molecule has 2 aromatic rings. The minimum atomic E-state index is -0.114. The fraction of sp³-hybridized carbons (Fsp3) is 0.458. The summed E-state index contributed by atoms with van der Waals surface area (Å²) in [5, 5.41) is 6.86. The predicted molar refractivity (Wildman–Crippen MR) is 137 cm³/mol. The van der Waals surface area contributed by atoms with Crippen molar-refractivity contribution in [2.45, 2.75) is 32.1 Å². The summed E-state index contributed by atoms with van der Waals surface area (Å²) in [4.78, 5) is 4.36. The van der Waals surface area contributed by atoms with Crippen molar-refractivity contribution in [3.63, 3.8) is 0 Å². The van der Waals surface area contributed by atoms with Crippen LogP contribution in [0.4, 0.5) is 0 Å².